The molecule has 1 rings (SSSR count). The van der Waals surface area contributed by atoms with E-state index in [4.69, 9.17) is 5.73 Å². The highest BCUT2D eigenvalue weighted by molar-refractivity contribution is 5.94. The zero-order chi connectivity index (χ0) is 14.6. The van der Waals surface area contributed by atoms with Gasteiger partial charge in [0.25, 0.3) is 0 Å². The maximum Gasteiger partial charge on any atom is 0.323 e. The number of rotatable bonds is 6. The number of carbonyl (C=O) groups excluding carboxylic acids is 1. The third-order valence-electron chi connectivity index (χ3n) is 3.34. The van der Waals surface area contributed by atoms with Gasteiger partial charge in [0.15, 0.2) is 0 Å². The van der Waals surface area contributed by atoms with Crippen LogP contribution in [0.2, 0.25) is 0 Å². The Morgan fingerprint density at radius 3 is 2.37 bits per heavy atom. The third-order valence-corrected chi connectivity index (χ3v) is 3.34. The summed E-state index contributed by atoms with van der Waals surface area (Å²) in [5.74, 6) is -1.40. The van der Waals surface area contributed by atoms with Gasteiger partial charge in [0.2, 0.25) is 5.91 Å². The zero-order valence-corrected chi connectivity index (χ0v) is 11.5. The Morgan fingerprint density at radius 2 is 1.89 bits per heavy atom. The molecule has 0 unspecified atom stereocenters. The molecule has 0 saturated heterocycles. The van der Waals surface area contributed by atoms with Gasteiger partial charge in [-0.3, -0.25) is 14.5 Å². The van der Waals surface area contributed by atoms with Crippen LogP contribution in [-0.4, -0.2) is 34.0 Å². The molecule has 0 fully saturated rings. The molecule has 1 amide bonds. The van der Waals surface area contributed by atoms with E-state index in [1.54, 1.807) is 36.9 Å². The predicted molar refractivity (Wildman–Crippen MR) is 72.8 cm³/mol. The van der Waals surface area contributed by atoms with Crippen molar-refractivity contribution in [2.24, 2.45) is 5.73 Å². The van der Waals surface area contributed by atoms with Gasteiger partial charge in [-0.05, 0) is 32.0 Å². The number of carboxylic acids is 1. The highest BCUT2D eigenvalue weighted by Crippen LogP contribution is 2.20. The van der Waals surface area contributed by atoms with Crippen LogP contribution in [0.15, 0.2) is 24.3 Å². The molecular weight excluding hydrogens is 244 g/mol. The molecular formula is C14H20N2O3. The van der Waals surface area contributed by atoms with Crippen molar-refractivity contribution < 1.29 is 14.7 Å². The molecule has 0 spiro atoms. The first kappa shape index (κ1) is 15.2. The summed E-state index contributed by atoms with van der Waals surface area (Å²) in [6.07, 6.45) is 0. The van der Waals surface area contributed by atoms with Crippen molar-refractivity contribution in [2.75, 3.05) is 6.54 Å². The summed E-state index contributed by atoms with van der Waals surface area (Å²) in [4.78, 5) is 24.4. The van der Waals surface area contributed by atoms with E-state index in [2.05, 4.69) is 0 Å². The fourth-order valence-electron chi connectivity index (χ4n) is 1.94. The number of hydrogen-bond donors (Lipinski definition) is 2. The van der Waals surface area contributed by atoms with Gasteiger partial charge in [0.05, 0.1) is 0 Å². The van der Waals surface area contributed by atoms with Crippen molar-refractivity contribution in [3.05, 3.63) is 35.4 Å². The molecule has 3 N–H and O–H groups in total. The summed E-state index contributed by atoms with van der Waals surface area (Å²) in [6, 6.07) is 6.99. The Bertz CT molecular complexity index is 483. The van der Waals surface area contributed by atoms with Crippen LogP contribution in [0.4, 0.5) is 0 Å². The lowest BCUT2D eigenvalue weighted by Gasteiger charge is -2.34. The van der Waals surface area contributed by atoms with Crippen LogP contribution < -0.4 is 5.73 Å². The highest BCUT2D eigenvalue weighted by Gasteiger charge is 2.33. The van der Waals surface area contributed by atoms with E-state index in [1.165, 1.54) is 0 Å². The number of primary amides is 1. The van der Waals surface area contributed by atoms with Crippen LogP contribution >= 0.6 is 0 Å². The molecule has 0 radical (unpaired) electrons. The van der Waals surface area contributed by atoms with Crippen molar-refractivity contribution in [3.63, 3.8) is 0 Å². The molecule has 5 nitrogen and oxygen atoms in total. The average Bonchev–Trinajstić information content (AvgIpc) is 2.35. The van der Waals surface area contributed by atoms with E-state index in [1.807, 2.05) is 13.0 Å². The van der Waals surface area contributed by atoms with Gasteiger partial charge in [-0.25, -0.2) is 0 Å². The number of benzene rings is 1. The average molecular weight is 264 g/mol. The Morgan fingerprint density at radius 1 is 1.32 bits per heavy atom. The minimum atomic E-state index is -1.00. The molecule has 0 aromatic heterocycles. The molecule has 0 heterocycles. The van der Waals surface area contributed by atoms with Gasteiger partial charge >= 0.3 is 5.97 Å². The molecule has 0 aliphatic rings. The largest absolute Gasteiger partial charge is 0.480 e. The number of carboxylic acid groups (broad SMARTS) is 1. The maximum absolute atomic E-state index is 11.4. The second-order valence-electron chi connectivity index (χ2n) is 4.90. The number of hydrogen-bond acceptors (Lipinski definition) is 3. The van der Waals surface area contributed by atoms with Crippen LogP contribution in [0.1, 0.15) is 36.7 Å². The Hall–Kier alpha value is -1.88. The van der Waals surface area contributed by atoms with Crippen LogP contribution in [0, 0.1) is 0 Å². The zero-order valence-electron chi connectivity index (χ0n) is 11.5. The molecule has 5 heteroatoms. The van der Waals surface area contributed by atoms with Gasteiger partial charge in [0, 0.05) is 12.1 Å². The first-order valence-corrected chi connectivity index (χ1v) is 6.16. The molecule has 104 valence electrons. The Kier molecular flexibility index (Phi) is 4.67. The quantitative estimate of drug-likeness (QED) is 0.815. The second kappa shape index (κ2) is 5.84. The van der Waals surface area contributed by atoms with Crippen LogP contribution in [-0.2, 0) is 11.3 Å². The molecule has 1 aromatic rings. The van der Waals surface area contributed by atoms with Crippen molar-refractivity contribution in [3.8, 4) is 0 Å². The first-order chi connectivity index (χ1) is 8.80. The monoisotopic (exact) mass is 264 g/mol. The number of nitrogens with zero attached hydrogens (tertiary/aromatic N) is 1. The Labute approximate surface area is 113 Å². The smallest absolute Gasteiger partial charge is 0.323 e. The maximum atomic E-state index is 11.4. The van der Waals surface area contributed by atoms with E-state index >= 15 is 0 Å². The number of likely N-dealkylation sites (N-methyl/N-ethyl adjacent to an activating group) is 1. The second-order valence-corrected chi connectivity index (χ2v) is 4.90. The number of aliphatic carboxylic acids is 1. The summed E-state index contributed by atoms with van der Waals surface area (Å²) in [5.41, 5.74) is 5.50. The molecule has 0 bridgehead atoms. The van der Waals surface area contributed by atoms with Crippen LogP contribution in [0.25, 0.3) is 0 Å². The van der Waals surface area contributed by atoms with E-state index in [0.29, 0.717) is 18.7 Å². The molecule has 0 aliphatic heterocycles. The Balaban J connectivity index is 3.06. The van der Waals surface area contributed by atoms with Crippen LogP contribution in [0.5, 0.6) is 0 Å². The fraction of sp³-hybridized carbons (Fsp3) is 0.429. The van der Waals surface area contributed by atoms with Gasteiger partial charge < -0.3 is 10.8 Å². The third kappa shape index (κ3) is 3.32. The van der Waals surface area contributed by atoms with Gasteiger partial charge in [-0.2, -0.15) is 0 Å². The lowest BCUT2D eigenvalue weighted by atomic mass is 10.00. The van der Waals surface area contributed by atoms with Crippen molar-refractivity contribution in [2.45, 2.75) is 32.9 Å². The van der Waals surface area contributed by atoms with E-state index in [9.17, 15) is 14.7 Å². The van der Waals surface area contributed by atoms with Crippen molar-refractivity contribution >= 4 is 11.9 Å². The first-order valence-electron chi connectivity index (χ1n) is 6.16. The molecule has 1 aromatic carbocycles. The number of amides is 1. The van der Waals surface area contributed by atoms with Gasteiger partial charge in [0.1, 0.15) is 5.54 Å². The van der Waals surface area contributed by atoms with Crippen LogP contribution in [0.3, 0.4) is 0 Å². The van der Waals surface area contributed by atoms with Gasteiger partial charge in [-0.15, -0.1) is 0 Å². The van der Waals surface area contributed by atoms with E-state index in [0.717, 1.165) is 5.56 Å². The van der Waals surface area contributed by atoms with Crippen molar-refractivity contribution in [1.82, 2.24) is 4.90 Å². The van der Waals surface area contributed by atoms with Crippen molar-refractivity contribution in [1.29, 1.82) is 0 Å². The standard InChI is InChI=1S/C14H20N2O3/c1-4-16(14(2,3)13(18)19)9-10-7-5-6-8-11(10)12(15)17/h5-8H,4,9H2,1-3H3,(H2,15,17)(H,18,19). The number of carbonyl (C=O) groups is 2. The molecule has 0 atom stereocenters. The summed E-state index contributed by atoms with van der Waals surface area (Å²) in [7, 11) is 0. The SMILES string of the molecule is CCN(Cc1ccccc1C(N)=O)C(C)(C)C(=O)O. The minimum absolute atomic E-state index is 0.370. The molecule has 0 aliphatic carbocycles. The topological polar surface area (TPSA) is 83.6 Å². The normalized spacial score (nSPS) is 11.6. The highest BCUT2D eigenvalue weighted by atomic mass is 16.4. The lowest BCUT2D eigenvalue weighted by Crippen LogP contribution is -2.49. The van der Waals surface area contributed by atoms with E-state index in [-0.39, 0.29) is 0 Å². The molecule has 0 saturated carbocycles. The molecule has 19 heavy (non-hydrogen) atoms. The predicted octanol–water partition coefficient (Wildman–Crippen LogP) is 1.47. The number of nitrogens with two attached hydrogens (primary N) is 1. The summed E-state index contributed by atoms with van der Waals surface area (Å²) < 4.78 is 0. The minimum Gasteiger partial charge on any atom is -0.480 e. The summed E-state index contributed by atoms with van der Waals surface area (Å²) >= 11 is 0. The summed E-state index contributed by atoms with van der Waals surface area (Å²) in [5, 5.41) is 9.27. The lowest BCUT2D eigenvalue weighted by molar-refractivity contribution is -0.149. The van der Waals surface area contributed by atoms with Gasteiger partial charge in [-0.1, -0.05) is 25.1 Å². The fourth-order valence-corrected chi connectivity index (χ4v) is 1.94. The summed E-state index contributed by atoms with van der Waals surface area (Å²) in [6.45, 7) is 6.11. The van der Waals surface area contributed by atoms with E-state index < -0.39 is 17.4 Å².